The lowest BCUT2D eigenvalue weighted by atomic mass is 10.2. The number of hydrogen-bond donors (Lipinski definition) is 2. The zero-order valence-electron chi connectivity index (χ0n) is 9.36. The largest absolute Gasteiger partial charge is 0.503 e. The molecule has 96 valence electrons. The third kappa shape index (κ3) is 3.01. The fourth-order valence-electron chi connectivity index (χ4n) is 1.45. The second kappa shape index (κ2) is 5.54. The quantitative estimate of drug-likeness (QED) is 0.790. The van der Waals surface area contributed by atoms with Crippen LogP contribution < -0.4 is 5.32 Å². The molecule has 0 fully saturated rings. The molecule has 2 rings (SSSR count). The van der Waals surface area contributed by atoms with Gasteiger partial charge in [0.25, 0.3) is 0 Å². The number of phenols is 1. The summed E-state index contributed by atoms with van der Waals surface area (Å²) in [4.78, 5) is 3.83. The molecule has 0 saturated carbocycles. The average molecular weight is 255 g/mol. The summed E-state index contributed by atoms with van der Waals surface area (Å²) < 4.78 is 30.8. The number of benzene rings is 1. The summed E-state index contributed by atoms with van der Waals surface area (Å²) >= 11 is 0. The SMILES string of the molecule is Oc1c(F)cc(CNCCc2ncno2)cc1F. The normalized spacial score (nSPS) is 10.8. The highest BCUT2D eigenvalue weighted by molar-refractivity contribution is 5.29. The van der Waals surface area contributed by atoms with Crippen LogP contribution in [0.25, 0.3) is 0 Å². The Labute approximate surface area is 101 Å². The number of aromatic nitrogens is 2. The molecule has 0 amide bonds. The fourth-order valence-corrected chi connectivity index (χ4v) is 1.45. The summed E-state index contributed by atoms with van der Waals surface area (Å²) in [7, 11) is 0. The van der Waals surface area contributed by atoms with Gasteiger partial charge in [-0.2, -0.15) is 4.98 Å². The Kier molecular flexibility index (Phi) is 3.83. The first-order valence-corrected chi connectivity index (χ1v) is 5.30. The van der Waals surface area contributed by atoms with Crippen molar-refractivity contribution < 1.29 is 18.4 Å². The van der Waals surface area contributed by atoms with Crippen molar-refractivity contribution in [1.82, 2.24) is 15.5 Å². The van der Waals surface area contributed by atoms with Crippen LogP contribution in [0.5, 0.6) is 5.75 Å². The van der Waals surface area contributed by atoms with Gasteiger partial charge in [0.2, 0.25) is 5.89 Å². The predicted molar refractivity (Wildman–Crippen MR) is 57.7 cm³/mol. The third-order valence-corrected chi connectivity index (χ3v) is 2.33. The highest BCUT2D eigenvalue weighted by Gasteiger charge is 2.09. The van der Waals surface area contributed by atoms with Crippen LogP contribution in [0.3, 0.4) is 0 Å². The van der Waals surface area contributed by atoms with Gasteiger partial charge in [-0.15, -0.1) is 0 Å². The Morgan fingerprint density at radius 1 is 1.28 bits per heavy atom. The van der Waals surface area contributed by atoms with Crippen LogP contribution >= 0.6 is 0 Å². The van der Waals surface area contributed by atoms with E-state index in [9.17, 15) is 8.78 Å². The molecule has 1 aromatic heterocycles. The van der Waals surface area contributed by atoms with Gasteiger partial charge in [0.1, 0.15) is 0 Å². The van der Waals surface area contributed by atoms with Crippen molar-refractivity contribution in [3.63, 3.8) is 0 Å². The summed E-state index contributed by atoms with van der Waals surface area (Å²) in [6.07, 6.45) is 1.84. The van der Waals surface area contributed by atoms with Crippen LogP contribution in [0.2, 0.25) is 0 Å². The summed E-state index contributed by atoms with van der Waals surface area (Å²) in [5.74, 6) is -2.40. The molecule has 0 atom stereocenters. The molecule has 0 aliphatic heterocycles. The molecule has 1 heterocycles. The number of hydrogen-bond acceptors (Lipinski definition) is 5. The summed E-state index contributed by atoms with van der Waals surface area (Å²) in [5, 5.41) is 15.4. The van der Waals surface area contributed by atoms with E-state index in [-0.39, 0.29) is 6.54 Å². The maximum Gasteiger partial charge on any atom is 0.227 e. The monoisotopic (exact) mass is 255 g/mol. The summed E-state index contributed by atoms with van der Waals surface area (Å²) in [6, 6.07) is 2.16. The summed E-state index contributed by atoms with van der Waals surface area (Å²) in [6.45, 7) is 0.814. The van der Waals surface area contributed by atoms with E-state index >= 15 is 0 Å². The first kappa shape index (κ1) is 12.4. The summed E-state index contributed by atoms with van der Waals surface area (Å²) in [5.41, 5.74) is 0.410. The van der Waals surface area contributed by atoms with Crippen LogP contribution in [-0.2, 0) is 13.0 Å². The molecule has 2 aromatic rings. The van der Waals surface area contributed by atoms with E-state index in [0.717, 1.165) is 12.1 Å². The number of phenolic OH excluding ortho intramolecular Hbond substituents is 1. The Hall–Kier alpha value is -2.02. The van der Waals surface area contributed by atoms with Gasteiger partial charge in [-0.05, 0) is 17.7 Å². The van der Waals surface area contributed by atoms with Crippen LogP contribution in [0.1, 0.15) is 11.5 Å². The van der Waals surface area contributed by atoms with E-state index in [1.807, 2.05) is 0 Å². The molecule has 2 N–H and O–H groups in total. The Morgan fingerprint density at radius 2 is 2.00 bits per heavy atom. The van der Waals surface area contributed by atoms with E-state index in [2.05, 4.69) is 15.5 Å². The van der Waals surface area contributed by atoms with Gasteiger partial charge in [0, 0.05) is 19.5 Å². The van der Waals surface area contributed by atoms with Crippen LogP contribution in [0.15, 0.2) is 23.0 Å². The molecular weight excluding hydrogens is 244 g/mol. The van der Waals surface area contributed by atoms with Gasteiger partial charge in [-0.3, -0.25) is 0 Å². The Balaban J connectivity index is 1.83. The van der Waals surface area contributed by atoms with E-state index in [1.165, 1.54) is 6.33 Å². The van der Waals surface area contributed by atoms with Crippen molar-refractivity contribution in [2.24, 2.45) is 0 Å². The third-order valence-electron chi connectivity index (χ3n) is 2.33. The van der Waals surface area contributed by atoms with Crippen LogP contribution in [0, 0.1) is 11.6 Å². The Morgan fingerprint density at radius 3 is 2.61 bits per heavy atom. The maximum absolute atomic E-state index is 13.0. The number of aromatic hydroxyl groups is 1. The van der Waals surface area contributed by atoms with Crippen LogP contribution in [0.4, 0.5) is 8.78 Å². The lowest BCUT2D eigenvalue weighted by Crippen LogP contribution is -2.17. The Bertz CT molecular complexity index is 494. The molecule has 0 spiro atoms. The second-order valence-corrected chi connectivity index (χ2v) is 3.67. The standard InChI is InChI=1S/C11H11F2N3O2/c12-8-3-7(4-9(13)11(8)17)5-14-2-1-10-15-6-16-18-10/h3-4,6,14,17H,1-2,5H2. The molecular formula is C11H11F2N3O2. The first-order valence-electron chi connectivity index (χ1n) is 5.30. The molecule has 5 nitrogen and oxygen atoms in total. The number of halogens is 2. The molecule has 0 aliphatic rings. The van der Waals surface area contributed by atoms with Gasteiger partial charge in [-0.1, -0.05) is 5.16 Å². The number of nitrogens with zero attached hydrogens (tertiary/aromatic N) is 2. The van der Waals surface area contributed by atoms with E-state index < -0.39 is 17.4 Å². The van der Waals surface area contributed by atoms with Crippen molar-refractivity contribution in [2.45, 2.75) is 13.0 Å². The molecule has 7 heteroatoms. The van der Waals surface area contributed by atoms with Crippen LogP contribution in [-0.4, -0.2) is 21.8 Å². The maximum atomic E-state index is 13.0. The lowest BCUT2D eigenvalue weighted by Gasteiger charge is -2.05. The average Bonchev–Trinajstić information content (AvgIpc) is 2.84. The smallest absolute Gasteiger partial charge is 0.227 e. The lowest BCUT2D eigenvalue weighted by molar-refractivity contribution is 0.374. The van der Waals surface area contributed by atoms with Crippen molar-refractivity contribution in [2.75, 3.05) is 6.54 Å². The van der Waals surface area contributed by atoms with E-state index in [0.29, 0.717) is 24.4 Å². The second-order valence-electron chi connectivity index (χ2n) is 3.67. The molecule has 0 unspecified atom stereocenters. The van der Waals surface area contributed by atoms with Crippen molar-refractivity contribution >= 4 is 0 Å². The van der Waals surface area contributed by atoms with Crippen molar-refractivity contribution in [3.05, 3.63) is 41.5 Å². The predicted octanol–water partition coefficient (Wildman–Crippen LogP) is 1.39. The zero-order chi connectivity index (χ0) is 13.0. The minimum atomic E-state index is -0.969. The topological polar surface area (TPSA) is 71.2 Å². The minimum absolute atomic E-state index is 0.280. The van der Waals surface area contributed by atoms with Gasteiger partial charge < -0.3 is 14.9 Å². The first-order chi connectivity index (χ1) is 8.66. The number of rotatable bonds is 5. The molecule has 1 aromatic carbocycles. The molecule has 0 radical (unpaired) electrons. The van der Waals surface area contributed by atoms with Gasteiger partial charge in [0.05, 0.1) is 0 Å². The minimum Gasteiger partial charge on any atom is -0.503 e. The highest BCUT2D eigenvalue weighted by atomic mass is 19.1. The highest BCUT2D eigenvalue weighted by Crippen LogP contribution is 2.21. The van der Waals surface area contributed by atoms with Crippen molar-refractivity contribution in [3.8, 4) is 5.75 Å². The molecule has 0 aliphatic carbocycles. The van der Waals surface area contributed by atoms with Gasteiger partial charge >= 0.3 is 0 Å². The molecule has 18 heavy (non-hydrogen) atoms. The molecule has 0 bridgehead atoms. The van der Waals surface area contributed by atoms with Gasteiger partial charge in [-0.25, -0.2) is 8.78 Å². The van der Waals surface area contributed by atoms with Gasteiger partial charge in [0.15, 0.2) is 23.7 Å². The fraction of sp³-hybridized carbons (Fsp3) is 0.273. The molecule has 0 saturated heterocycles. The number of nitrogens with one attached hydrogen (secondary N) is 1. The van der Waals surface area contributed by atoms with E-state index in [4.69, 9.17) is 9.63 Å². The van der Waals surface area contributed by atoms with Crippen molar-refractivity contribution in [1.29, 1.82) is 0 Å². The zero-order valence-corrected chi connectivity index (χ0v) is 9.36. The van der Waals surface area contributed by atoms with E-state index in [1.54, 1.807) is 0 Å².